The highest BCUT2D eigenvalue weighted by molar-refractivity contribution is 5.70. The molecule has 0 aliphatic carbocycles. The summed E-state index contributed by atoms with van der Waals surface area (Å²) in [5, 5.41) is 8.67. The van der Waals surface area contributed by atoms with E-state index in [0.29, 0.717) is 26.0 Å². The summed E-state index contributed by atoms with van der Waals surface area (Å²) in [6, 6.07) is 7.80. The number of carbonyl (C=O) groups excluding carboxylic acids is 1. The average molecular weight is 293 g/mol. The first-order valence-corrected chi connectivity index (χ1v) is 7.28. The molecule has 1 rings (SSSR count). The van der Waals surface area contributed by atoms with Crippen LogP contribution in [0.5, 0.6) is 0 Å². The van der Waals surface area contributed by atoms with Crippen molar-refractivity contribution in [2.75, 3.05) is 24.6 Å². The molecule has 0 saturated carbocycles. The van der Waals surface area contributed by atoms with Crippen molar-refractivity contribution in [2.45, 2.75) is 33.1 Å². The van der Waals surface area contributed by atoms with Gasteiger partial charge in [0.2, 0.25) is 0 Å². The normalized spacial score (nSPS) is 10.2. The van der Waals surface area contributed by atoms with Gasteiger partial charge in [-0.3, -0.25) is 9.59 Å². The van der Waals surface area contributed by atoms with Crippen molar-refractivity contribution in [3.8, 4) is 0 Å². The van der Waals surface area contributed by atoms with Gasteiger partial charge in [-0.15, -0.1) is 0 Å². The largest absolute Gasteiger partial charge is 0.481 e. The fourth-order valence-corrected chi connectivity index (χ4v) is 2.05. The van der Waals surface area contributed by atoms with Gasteiger partial charge in [0, 0.05) is 25.2 Å². The number of carboxylic acid groups (broad SMARTS) is 1. The van der Waals surface area contributed by atoms with Gasteiger partial charge in [0.25, 0.3) is 0 Å². The average Bonchev–Trinajstić information content (AvgIpc) is 2.47. The van der Waals surface area contributed by atoms with Gasteiger partial charge in [-0.25, -0.2) is 0 Å². The van der Waals surface area contributed by atoms with Gasteiger partial charge in [-0.2, -0.15) is 0 Å². The van der Waals surface area contributed by atoms with Crippen molar-refractivity contribution in [3.05, 3.63) is 29.8 Å². The summed E-state index contributed by atoms with van der Waals surface area (Å²) in [5.41, 5.74) is 2.03. The third-order valence-corrected chi connectivity index (χ3v) is 3.20. The van der Waals surface area contributed by atoms with Crippen LogP contribution >= 0.6 is 0 Å². The first-order chi connectivity index (χ1) is 10.1. The molecule has 0 spiro atoms. The Morgan fingerprint density at radius 2 is 1.81 bits per heavy atom. The first-order valence-electron chi connectivity index (χ1n) is 7.28. The van der Waals surface area contributed by atoms with E-state index in [1.807, 2.05) is 31.2 Å². The second kappa shape index (κ2) is 9.00. The van der Waals surface area contributed by atoms with Gasteiger partial charge in [-0.1, -0.05) is 12.1 Å². The van der Waals surface area contributed by atoms with Crippen LogP contribution in [0, 0.1) is 0 Å². The van der Waals surface area contributed by atoms with E-state index in [1.165, 1.54) is 0 Å². The standard InChI is InChI=1S/C16H23NO4/c1-3-17(12-11-16(20)21-4-2)14-8-5-13(6-9-14)7-10-15(18)19/h5-6,8-9H,3-4,7,10-12H2,1-2H3,(H,18,19). The van der Waals surface area contributed by atoms with Gasteiger partial charge in [0.1, 0.15) is 0 Å². The van der Waals surface area contributed by atoms with Crippen LogP contribution in [-0.2, 0) is 20.7 Å². The number of aryl methyl sites for hydroxylation is 1. The monoisotopic (exact) mass is 293 g/mol. The highest BCUT2D eigenvalue weighted by atomic mass is 16.5. The summed E-state index contributed by atoms with van der Waals surface area (Å²) < 4.78 is 4.92. The fraction of sp³-hybridized carbons (Fsp3) is 0.500. The van der Waals surface area contributed by atoms with Crippen molar-refractivity contribution in [1.29, 1.82) is 0 Å². The molecule has 0 fully saturated rings. The van der Waals surface area contributed by atoms with E-state index in [9.17, 15) is 9.59 Å². The molecule has 0 atom stereocenters. The fourth-order valence-electron chi connectivity index (χ4n) is 2.05. The summed E-state index contributed by atoms with van der Waals surface area (Å²) in [6.45, 7) is 5.65. The molecule has 0 radical (unpaired) electrons. The molecule has 1 N–H and O–H groups in total. The molecule has 5 heteroatoms. The molecular formula is C16H23NO4. The Labute approximate surface area is 125 Å². The molecule has 1 aromatic rings. The van der Waals surface area contributed by atoms with E-state index in [1.54, 1.807) is 6.92 Å². The predicted octanol–water partition coefficient (Wildman–Crippen LogP) is 2.48. The minimum atomic E-state index is -0.788. The third-order valence-electron chi connectivity index (χ3n) is 3.20. The minimum absolute atomic E-state index is 0.139. The SMILES string of the molecule is CCOC(=O)CCN(CC)c1ccc(CCC(=O)O)cc1. The van der Waals surface area contributed by atoms with Crippen LogP contribution in [0.1, 0.15) is 32.3 Å². The summed E-state index contributed by atoms with van der Waals surface area (Å²) in [5.74, 6) is -0.974. The van der Waals surface area contributed by atoms with Crippen LogP contribution in [0.4, 0.5) is 5.69 Å². The Morgan fingerprint density at radius 3 is 2.33 bits per heavy atom. The smallest absolute Gasteiger partial charge is 0.307 e. The number of esters is 1. The number of benzene rings is 1. The lowest BCUT2D eigenvalue weighted by Crippen LogP contribution is -2.26. The Kier molecular flexibility index (Phi) is 7.29. The maximum absolute atomic E-state index is 11.4. The lowest BCUT2D eigenvalue weighted by atomic mass is 10.1. The number of hydrogen-bond acceptors (Lipinski definition) is 4. The highest BCUT2D eigenvalue weighted by Crippen LogP contribution is 2.16. The number of hydrogen-bond donors (Lipinski definition) is 1. The summed E-state index contributed by atoms with van der Waals surface area (Å²) in [6.07, 6.45) is 1.03. The minimum Gasteiger partial charge on any atom is -0.481 e. The van der Waals surface area contributed by atoms with Crippen molar-refractivity contribution < 1.29 is 19.4 Å². The lowest BCUT2D eigenvalue weighted by molar-refractivity contribution is -0.143. The molecule has 0 heterocycles. The first kappa shape index (κ1) is 17.0. The molecule has 116 valence electrons. The Bertz CT molecular complexity index is 456. The summed E-state index contributed by atoms with van der Waals surface area (Å²) in [7, 11) is 0. The Hall–Kier alpha value is -2.04. The molecule has 1 aromatic carbocycles. The number of aliphatic carboxylic acids is 1. The Morgan fingerprint density at radius 1 is 1.14 bits per heavy atom. The van der Waals surface area contributed by atoms with E-state index in [0.717, 1.165) is 17.8 Å². The quantitative estimate of drug-likeness (QED) is 0.708. The van der Waals surface area contributed by atoms with Gasteiger partial charge < -0.3 is 14.7 Å². The second-order valence-corrected chi connectivity index (χ2v) is 4.69. The molecule has 0 amide bonds. The van der Waals surface area contributed by atoms with Gasteiger partial charge in [0.15, 0.2) is 0 Å². The van der Waals surface area contributed by atoms with Gasteiger partial charge in [0.05, 0.1) is 13.0 Å². The molecule has 0 bridgehead atoms. The Balaban J connectivity index is 2.56. The topological polar surface area (TPSA) is 66.8 Å². The molecule has 0 saturated heterocycles. The molecule has 0 aliphatic heterocycles. The molecule has 5 nitrogen and oxygen atoms in total. The zero-order chi connectivity index (χ0) is 15.7. The zero-order valence-corrected chi connectivity index (χ0v) is 12.7. The number of rotatable bonds is 9. The summed E-state index contributed by atoms with van der Waals surface area (Å²) >= 11 is 0. The molecular weight excluding hydrogens is 270 g/mol. The van der Waals surface area contributed by atoms with Crippen LogP contribution < -0.4 is 4.90 Å². The van der Waals surface area contributed by atoms with Crippen LogP contribution in [-0.4, -0.2) is 36.7 Å². The van der Waals surface area contributed by atoms with Crippen molar-refractivity contribution in [2.24, 2.45) is 0 Å². The number of carbonyl (C=O) groups is 2. The number of anilines is 1. The van der Waals surface area contributed by atoms with Crippen LogP contribution in [0.2, 0.25) is 0 Å². The number of carboxylic acids is 1. The van der Waals surface area contributed by atoms with Crippen LogP contribution in [0.25, 0.3) is 0 Å². The van der Waals surface area contributed by atoms with E-state index in [2.05, 4.69) is 4.90 Å². The maximum Gasteiger partial charge on any atom is 0.307 e. The van der Waals surface area contributed by atoms with E-state index >= 15 is 0 Å². The number of nitrogens with zero attached hydrogens (tertiary/aromatic N) is 1. The lowest BCUT2D eigenvalue weighted by Gasteiger charge is -2.22. The van der Waals surface area contributed by atoms with E-state index in [4.69, 9.17) is 9.84 Å². The summed E-state index contributed by atoms with van der Waals surface area (Å²) in [4.78, 5) is 24.0. The van der Waals surface area contributed by atoms with E-state index in [-0.39, 0.29) is 12.4 Å². The molecule has 21 heavy (non-hydrogen) atoms. The van der Waals surface area contributed by atoms with E-state index < -0.39 is 5.97 Å². The van der Waals surface area contributed by atoms with Crippen molar-refractivity contribution in [3.63, 3.8) is 0 Å². The molecule has 0 aliphatic rings. The maximum atomic E-state index is 11.4. The molecule has 0 unspecified atom stereocenters. The van der Waals surface area contributed by atoms with Crippen LogP contribution in [0.15, 0.2) is 24.3 Å². The predicted molar refractivity (Wildman–Crippen MR) is 81.5 cm³/mol. The van der Waals surface area contributed by atoms with Gasteiger partial charge in [-0.05, 0) is 38.0 Å². The van der Waals surface area contributed by atoms with Crippen molar-refractivity contribution in [1.82, 2.24) is 0 Å². The third kappa shape index (κ3) is 6.29. The zero-order valence-electron chi connectivity index (χ0n) is 12.7. The second-order valence-electron chi connectivity index (χ2n) is 4.69. The van der Waals surface area contributed by atoms with Crippen LogP contribution in [0.3, 0.4) is 0 Å². The van der Waals surface area contributed by atoms with Crippen molar-refractivity contribution >= 4 is 17.6 Å². The number of ether oxygens (including phenoxy) is 1. The molecule has 0 aromatic heterocycles. The van der Waals surface area contributed by atoms with Gasteiger partial charge >= 0.3 is 11.9 Å². The highest BCUT2D eigenvalue weighted by Gasteiger charge is 2.08.